The Morgan fingerprint density at radius 3 is 3.05 bits per heavy atom. The van der Waals surface area contributed by atoms with Gasteiger partial charge in [0.1, 0.15) is 6.33 Å². The molecule has 9 nitrogen and oxygen atoms in total. The van der Waals surface area contributed by atoms with E-state index in [0.29, 0.717) is 5.82 Å². The zero-order chi connectivity index (χ0) is 13.7. The van der Waals surface area contributed by atoms with E-state index in [1.165, 1.54) is 11.8 Å². The van der Waals surface area contributed by atoms with Crippen LogP contribution in [-0.2, 0) is 11.3 Å². The molecular formula is C9H14N8OS. The van der Waals surface area contributed by atoms with Crippen LogP contribution in [-0.4, -0.2) is 47.0 Å². The number of amides is 1. The summed E-state index contributed by atoms with van der Waals surface area (Å²) in [4.78, 5) is 11.6. The number of aromatic amines is 1. The zero-order valence-corrected chi connectivity index (χ0v) is 11.4. The summed E-state index contributed by atoms with van der Waals surface area (Å²) in [5.74, 6) is 0.598. The van der Waals surface area contributed by atoms with Crippen molar-refractivity contribution in [1.29, 1.82) is 0 Å². The van der Waals surface area contributed by atoms with E-state index in [2.05, 4.69) is 36.1 Å². The fourth-order valence-corrected chi connectivity index (χ4v) is 2.18. The summed E-state index contributed by atoms with van der Waals surface area (Å²) in [7, 11) is 0. The molecule has 10 heteroatoms. The Bertz CT molecular complexity index is 522. The summed E-state index contributed by atoms with van der Waals surface area (Å²) in [5.41, 5.74) is 0. The number of thioether (sulfide) groups is 1. The second-order valence-electron chi connectivity index (χ2n) is 4.01. The van der Waals surface area contributed by atoms with Crippen LogP contribution in [0.25, 0.3) is 0 Å². The molecule has 0 aromatic carbocycles. The van der Waals surface area contributed by atoms with Crippen molar-refractivity contribution in [3.05, 3.63) is 12.2 Å². The molecule has 2 aromatic rings. The SMILES string of the molecule is CC(C)n1cnnc1SCC(=O)NCc1nn[nH]n1. The van der Waals surface area contributed by atoms with Crippen molar-refractivity contribution >= 4 is 17.7 Å². The minimum absolute atomic E-state index is 0.117. The number of carbonyl (C=O) groups excluding carboxylic acids is 1. The van der Waals surface area contributed by atoms with Gasteiger partial charge in [0, 0.05) is 6.04 Å². The Labute approximate surface area is 113 Å². The lowest BCUT2D eigenvalue weighted by molar-refractivity contribution is -0.118. The van der Waals surface area contributed by atoms with E-state index >= 15 is 0 Å². The van der Waals surface area contributed by atoms with E-state index in [-0.39, 0.29) is 24.2 Å². The molecule has 2 rings (SSSR count). The van der Waals surface area contributed by atoms with Crippen LogP contribution in [0.15, 0.2) is 11.5 Å². The molecule has 0 aliphatic heterocycles. The molecule has 0 bridgehead atoms. The molecule has 0 saturated heterocycles. The minimum atomic E-state index is -0.117. The molecule has 2 aromatic heterocycles. The Balaban J connectivity index is 1.78. The van der Waals surface area contributed by atoms with E-state index in [9.17, 15) is 4.79 Å². The largest absolute Gasteiger partial charge is 0.348 e. The Morgan fingerprint density at radius 1 is 1.53 bits per heavy atom. The first-order valence-electron chi connectivity index (χ1n) is 5.68. The van der Waals surface area contributed by atoms with Crippen molar-refractivity contribution in [1.82, 2.24) is 40.7 Å². The summed E-state index contributed by atoms with van der Waals surface area (Å²) in [6, 6.07) is 0.264. The van der Waals surface area contributed by atoms with Gasteiger partial charge in [-0.3, -0.25) is 4.79 Å². The monoisotopic (exact) mass is 282 g/mol. The fraction of sp³-hybridized carbons (Fsp3) is 0.556. The van der Waals surface area contributed by atoms with E-state index in [4.69, 9.17) is 0 Å². The van der Waals surface area contributed by atoms with Crippen LogP contribution in [0.3, 0.4) is 0 Å². The lowest BCUT2D eigenvalue weighted by Gasteiger charge is -2.08. The number of hydrogen-bond donors (Lipinski definition) is 2. The number of hydrogen-bond acceptors (Lipinski definition) is 7. The molecule has 0 radical (unpaired) electrons. The molecule has 1 amide bonds. The first-order chi connectivity index (χ1) is 9.16. The van der Waals surface area contributed by atoms with Crippen LogP contribution in [0.4, 0.5) is 0 Å². The quantitative estimate of drug-likeness (QED) is 0.704. The maximum Gasteiger partial charge on any atom is 0.230 e. The highest BCUT2D eigenvalue weighted by atomic mass is 32.2. The summed E-state index contributed by atoms with van der Waals surface area (Å²) >= 11 is 1.34. The molecule has 0 spiro atoms. The zero-order valence-electron chi connectivity index (χ0n) is 10.6. The number of H-pyrrole nitrogens is 1. The molecule has 2 N–H and O–H groups in total. The molecule has 2 heterocycles. The van der Waals surface area contributed by atoms with Crippen molar-refractivity contribution < 1.29 is 4.79 Å². The van der Waals surface area contributed by atoms with Crippen LogP contribution in [0, 0.1) is 0 Å². The molecule has 0 unspecified atom stereocenters. The van der Waals surface area contributed by atoms with Gasteiger partial charge in [0.2, 0.25) is 5.91 Å². The highest BCUT2D eigenvalue weighted by Crippen LogP contribution is 2.18. The molecule has 19 heavy (non-hydrogen) atoms. The first-order valence-corrected chi connectivity index (χ1v) is 6.66. The second kappa shape index (κ2) is 6.27. The lowest BCUT2D eigenvalue weighted by atomic mass is 10.4. The average Bonchev–Trinajstić information content (AvgIpc) is 3.04. The van der Waals surface area contributed by atoms with Gasteiger partial charge in [-0.05, 0) is 13.8 Å². The normalized spacial score (nSPS) is 10.9. The highest BCUT2D eigenvalue weighted by molar-refractivity contribution is 7.99. The third kappa shape index (κ3) is 3.74. The Kier molecular flexibility index (Phi) is 4.44. The molecule has 0 saturated carbocycles. The van der Waals surface area contributed by atoms with Crippen LogP contribution in [0.1, 0.15) is 25.7 Å². The van der Waals surface area contributed by atoms with E-state index in [1.807, 2.05) is 18.4 Å². The number of rotatable bonds is 6. The number of tetrazole rings is 1. The topological polar surface area (TPSA) is 114 Å². The number of aromatic nitrogens is 7. The molecule has 0 aliphatic carbocycles. The van der Waals surface area contributed by atoms with Gasteiger partial charge in [0.05, 0.1) is 12.3 Å². The predicted octanol–water partition coefficient (Wildman–Crippen LogP) is -0.219. The third-order valence-corrected chi connectivity index (χ3v) is 3.22. The van der Waals surface area contributed by atoms with Crippen LogP contribution in [0.2, 0.25) is 0 Å². The van der Waals surface area contributed by atoms with Crippen LogP contribution >= 0.6 is 11.8 Å². The van der Waals surface area contributed by atoms with Gasteiger partial charge >= 0.3 is 0 Å². The predicted molar refractivity (Wildman–Crippen MR) is 67.2 cm³/mol. The van der Waals surface area contributed by atoms with Gasteiger partial charge in [-0.2, -0.15) is 5.21 Å². The van der Waals surface area contributed by atoms with Gasteiger partial charge < -0.3 is 9.88 Å². The van der Waals surface area contributed by atoms with Crippen LogP contribution < -0.4 is 5.32 Å². The van der Waals surface area contributed by atoms with Gasteiger partial charge in [-0.25, -0.2) is 0 Å². The molecule has 0 fully saturated rings. The summed E-state index contributed by atoms with van der Waals surface area (Å²) < 4.78 is 1.91. The van der Waals surface area contributed by atoms with Gasteiger partial charge in [-0.15, -0.1) is 20.4 Å². The Morgan fingerprint density at radius 2 is 2.37 bits per heavy atom. The van der Waals surface area contributed by atoms with Crippen molar-refractivity contribution in [2.24, 2.45) is 0 Å². The molecule has 0 aliphatic rings. The lowest BCUT2D eigenvalue weighted by Crippen LogP contribution is -2.25. The second-order valence-corrected chi connectivity index (χ2v) is 4.95. The van der Waals surface area contributed by atoms with Gasteiger partial charge in [0.25, 0.3) is 0 Å². The standard InChI is InChI=1S/C9H14N8OS/c1-6(2)17-5-11-14-9(17)19-4-8(18)10-3-7-12-15-16-13-7/h5-6H,3-4H2,1-2H3,(H,10,18)(H,12,13,15,16). The van der Waals surface area contributed by atoms with Crippen molar-refractivity contribution in [3.63, 3.8) is 0 Å². The summed E-state index contributed by atoms with van der Waals surface area (Å²) in [5, 5.41) is 24.4. The van der Waals surface area contributed by atoms with Crippen molar-refractivity contribution in [3.8, 4) is 0 Å². The van der Waals surface area contributed by atoms with Crippen LogP contribution in [0.5, 0.6) is 0 Å². The fourth-order valence-electron chi connectivity index (χ4n) is 1.31. The third-order valence-electron chi connectivity index (χ3n) is 2.26. The average molecular weight is 282 g/mol. The number of nitrogens with one attached hydrogen (secondary N) is 2. The maximum absolute atomic E-state index is 11.6. The Hall–Kier alpha value is -1.97. The highest BCUT2D eigenvalue weighted by Gasteiger charge is 2.10. The summed E-state index contributed by atoms with van der Waals surface area (Å²) in [6.45, 7) is 4.32. The molecule has 102 valence electrons. The summed E-state index contributed by atoms with van der Waals surface area (Å²) in [6.07, 6.45) is 1.66. The number of carbonyl (C=O) groups is 1. The minimum Gasteiger partial charge on any atom is -0.348 e. The van der Waals surface area contributed by atoms with E-state index in [1.54, 1.807) is 6.33 Å². The van der Waals surface area contributed by atoms with E-state index < -0.39 is 0 Å². The van der Waals surface area contributed by atoms with Crippen molar-refractivity contribution in [2.45, 2.75) is 31.6 Å². The molecular weight excluding hydrogens is 268 g/mol. The molecule has 0 atom stereocenters. The smallest absolute Gasteiger partial charge is 0.230 e. The van der Waals surface area contributed by atoms with Gasteiger partial charge in [-0.1, -0.05) is 17.0 Å². The maximum atomic E-state index is 11.6. The van der Waals surface area contributed by atoms with E-state index in [0.717, 1.165) is 5.16 Å². The van der Waals surface area contributed by atoms with Crippen molar-refractivity contribution in [2.75, 3.05) is 5.75 Å². The van der Waals surface area contributed by atoms with Gasteiger partial charge in [0.15, 0.2) is 11.0 Å². The number of nitrogens with zero attached hydrogens (tertiary/aromatic N) is 6. The first kappa shape index (κ1) is 13.5.